The summed E-state index contributed by atoms with van der Waals surface area (Å²) in [6.45, 7) is 2.65. The lowest BCUT2D eigenvalue weighted by Gasteiger charge is -2.45. The Kier molecular flexibility index (Phi) is 3.90. The van der Waals surface area contributed by atoms with E-state index in [2.05, 4.69) is 20.5 Å². The fourth-order valence-electron chi connectivity index (χ4n) is 3.46. The zero-order valence-electron chi connectivity index (χ0n) is 13.3. The maximum absolute atomic E-state index is 12.4. The number of amides is 1. The molecule has 0 aliphatic carbocycles. The second-order valence-corrected chi connectivity index (χ2v) is 6.88. The number of halogens is 1. The van der Waals surface area contributed by atoms with Gasteiger partial charge in [0.2, 0.25) is 0 Å². The van der Waals surface area contributed by atoms with E-state index >= 15 is 0 Å². The number of hydrogen-bond acceptors (Lipinski definition) is 4. The summed E-state index contributed by atoms with van der Waals surface area (Å²) in [6.07, 6.45) is 3.51. The van der Waals surface area contributed by atoms with Crippen molar-refractivity contribution in [3.63, 3.8) is 0 Å². The van der Waals surface area contributed by atoms with Crippen LogP contribution >= 0.6 is 11.6 Å². The van der Waals surface area contributed by atoms with Gasteiger partial charge in [-0.25, -0.2) is 0 Å². The molecule has 0 saturated carbocycles. The summed E-state index contributed by atoms with van der Waals surface area (Å²) >= 11 is 6.08. The first kappa shape index (κ1) is 15.4. The van der Waals surface area contributed by atoms with Gasteiger partial charge >= 0.3 is 0 Å². The van der Waals surface area contributed by atoms with Crippen molar-refractivity contribution >= 4 is 23.2 Å². The number of fused-ring (bicyclic) bond motifs is 1. The Labute approximate surface area is 146 Å². The van der Waals surface area contributed by atoms with Crippen LogP contribution in [0.1, 0.15) is 28.9 Å². The molecule has 4 rings (SSSR count). The van der Waals surface area contributed by atoms with Crippen LogP contribution in [-0.2, 0) is 6.54 Å². The van der Waals surface area contributed by atoms with Crippen LogP contribution in [0.25, 0.3) is 0 Å². The highest BCUT2D eigenvalue weighted by atomic mass is 35.5. The fourth-order valence-corrected chi connectivity index (χ4v) is 3.63. The highest BCUT2D eigenvalue weighted by molar-refractivity contribution is 6.31. The smallest absolute Gasteiger partial charge is 0.255 e. The second kappa shape index (κ2) is 6.07. The predicted molar refractivity (Wildman–Crippen MR) is 94.0 cm³/mol. The molecular formula is C18H19ClN4O. The number of nitrogens with zero attached hydrogens (tertiary/aromatic N) is 2. The van der Waals surface area contributed by atoms with E-state index in [0.29, 0.717) is 10.6 Å². The molecule has 0 atom stereocenters. The topological polar surface area (TPSA) is 57.3 Å². The van der Waals surface area contributed by atoms with Crippen LogP contribution in [0.2, 0.25) is 5.02 Å². The molecule has 1 aromatic heterocycles. The number of hydrogen-bond donors (Lipinski definition) is 2. The van der Waals surface area contributed by atoms with Crippen molar-refractivity contribution < 1.29 is 4.79 Å². The molecule has 0 unspecified atom stereocenters. The van der Waals surface area contributed by atoms with Crippen LogP contribution in [-0.4, -0.2) is 34.5 Å². The van der Waals surface area contributed by atoms with Crippen LogP contribution in [0.5, 0.6) is 0 Å². The van der Waals surface area contributed by atoms with E-state index in [0.717, 1.165) is 43.9 Å². The summed E-state index contributed by atoms with van der Waals surface area (Å²) < 4.78 is 0. The van der Waals surface area contributed by atoms with Gasteiger partial charge in [-0.3, -0.25) is 14.7 Å². The lowest BCUT2D eigenvalue weighted by molar-refractivity contribution is 0.0821. The number of carbonyl (C=O) groups excluding carboxylic acids is 1. The van der Waals surface area contributed by atoms with Crippen molar-refractivity contribution in [2.75, 3.05) is 18.4 Å². The number of carbonyl (C=O) groups is 1. The lowest BCUT2D eigenvalue weighted by Crippen LogP contribution is -2.62. The summed E-state index contributed by atoms with van der Waals surface area (Å²) in [7, 11) is 0. The van der Waals surface area contributed by atoms with Crippen molar-refractivity contribution in [1.29, 1.82) is 0 Å². The Morgan fingerprint density at radius 2 is 2.00 bits per heavy atom. The molecule has 0 bridgehead atoms. The number of anilines is 1. The number of benzene rings is 1. The number of likely N-dealkylation sites (tertiary alicyclic amines) is 1. The lowest BCUT2D eigenvalue weighted by atomic mass is 9.92. The third-order valence-electron chi connectivity index (χ3n) is 4.77. The summed E-state index contributed by atoms with van der Waals surface area (Å²) in [5.74, 6) is -0.0291. The quantitative estimate of drug-likeness (QED) is 0.881. The maximum atomic E-state index is 12.4. The largest absolute Gasteiger partial charge is 0.362 e. The van der Waals surface area contributed by atoms with E-state index in [1.54, 1.807) is 12.1 Å². The normalized spacial score (nSPS) is 19.5. The molecule has 2 aliphatic heterocycles. The molecule has 2 aliphatic rings. The highest BCUT2D eigenvalue weighted by Gasteiger charge is 2.40. The van der Waals surface area contributed by atoms with Crippen molar-refractivity contribution in [2.45, 2.75) is 25.0 Å². The van der Waals surface area contributed by atoms with E-state index in [1.165, 1.54) is 0 Å². The molecule has 3 heterocycles. The SMILES string of the molecule is O=C1NC2(CCN(Cc3ccccn3)CC2)Nc2cc(Cl)ccc21. The molecule has 0 radical (unpaired) electrons. The first-order chi connectivity index (χ1) is 11.6. The van der Waals surface area contributed by atoms with Gasteiger partial charge in [-0.15, -0.1) is 0 Å². The Morgan fingerprint density at radius 1 is 1.17 bits per heavy atom. The third-order valence-corrected chi connectivity index (χ3v) is 5.01. The molecule has 5 nitrogen and oxygen atoms in total. The van der Waals surface area contributed by atoms with E-state index in [1.807, 2.05) is 30.5 Å². The highest BCUT2D eigenvalue weighted by Crippen LogP contribution is 2.33. The first-order valence-electron chi connectivity index (χ1n) is 8.16. The van der Waals surface area contributed by atoms with Crippen molar-refractivity contribution in [2.24, 2.45) is 0 Å². The molecule has 1 saturated heterocycles. The van der Waals surface area contributed by atoms with Gasteiger partial charge in [-0.2, -0.15) is 0 Å². The first-order valence-corrected chi connectivity index (χ1v) is 8.54. The minimum Gasteiger partial charge on any atom is -0.362 e. The van der Waals surface area contributed by atoms with E-state index in [4.69, 9.17) is 11.6 Å². The monoisotopic (exact) mass is 342 g/mol. The number of piperidine rings is 1. The summed E-state index contributed by atoms with van der Waals surface area (Å²) in [6, 6.07) is 11.3. The van der Waals surface area contributed by atoms with Crippen molar-refractivity contribution in [3.8, 4) is 0 Å². The second-order valence-electron chi connectivity index (χ2n) is 6.45. The molecule has 1 amide bonds. The predicted octanol–water partition coefficient (Wildman–Crippen LogP) is 2.88. The molecular weight excluding hydrogens is 324 g/mol. The number of aromatic nitrogens is 1. The molecule has 1 aromatic carbocycles. The Hall–Kier alpha value is -2.11. The van der Waals surface area contributed by atoms with E-state index in [-0.39, 0.29) is 11.6 Å². The summed E-state index contributed by atoms with van der Waals surface area (Å²) in [4.78, 5) is 19.2. The summed E-state index contributed by atoms with van der Waals surface area (Å²) in [5, 5.41) is 7.30. The van der Waals surface area contributed by atoms with Gasteiger partial charge in [0.1, 0.15) is 5.66 Å². The molecule has 1 spiro atoms. The maximum Gasteiger partial charge on any atom is 0.255 e. The molecule has 124 valence electrons. The fraction of sp³-hybridized carbons (Fsp3) is 0.333. The molecule has 2 aromatic rings. The molecule has 6 heteroatoms. The van der Waals surface area contributed by atoms with Gasteiger partial charge in [0, 0.05) is 43.7 Å². The number of pyridine rings is 1. The zero-order chi connectivity index (χ0) is 16.6. The minimum atomic E-state index is -0.380. The number of nitrogens with one attached hydrogen (secondary N) is 2. The Morgan fingerprint density at radius 3 is 2.75 bits per heavy atom. The Balaban J connectivity index is 1.46. The van der Waals surface area contributed by atoms with Gasteiger partial charge < -0.3 is 10.6 Å². The van der Waals surface area contributed by atoms with Gasteiger partial charge in [-0.05, 0) is 30.3 Å². The van der Waals surface area contributed by atoms with Crippen molar-refractivity contribution in [1.82, 2.24) is 15.2 Å². The minimum absolute atomic E-state index is 0.0291. The average Bonchev–Trinajstić information content (AvgIpc) is 2.58. The van der Waals surface area contributed by atoms with Crippen LogP contribution in [0.3, 0.4) is 0 Å². The Bertz CT molecular complexity index is 757. The van der Waals surface area contributed by atoms with Gasteiger partial charge in [0.15, 0.2) is 0 Å². The summed E-state index contributed by atoms with van der Waals surface area (Å²) in [5.41, 5.74) is 2.17. The average molecular weight is 343 g/mol. The van der Waals surface area contributed by atoms with Crippen LogP contribution in [0, 0.1) is 0 Å². The third kappa shape index (κ3) is 2.97. The van der Waals surface area contributed by atoms with E-state index < -0.39 is 0 Å². The molecule has 24 heavy (non-hydrogen) atoms. The molecule has 2 N–H and O–H groups in total. The van der Waals surface area contributed by atoms with Crippen LogP contribution in [0.4, 0.5) is 5.69 Å². The molecule has 1 fully saturated rings. The number of rotatable bonds is 2. The van der Waals surface area contributed by atoms with Crippen LogP contribution < -0.4 is 10.6 Å². The van der Waals surface area contributed by atoms with E-state index in [9.17, 15) is 4.79 Å². The van der Waals surface area contributed by atoms with Gasteiger partial charge in [0.25, 0.3) is 5.91 Å². The van der Waals surface area contributed by atoms with Crippen LogP contribution in [0.15, 0.2) is 42.6 Å². The van der Waals surface area contributed by atoms with Gasteiger partial charge in [-0.1, -0.05) is 17.7 Å². The standard InChI is InChI=1S/C18H19ClN4O/c19-13-4-5-15-16(11-13)21-18(22-17(15)24)6-9-23(10-7-18)12-14-3-1-2-8-20-14/h1-5,8,11,21H,6-7,9-10,12H2,(H,22,24). The van der Waals surface area contributed by atoms with Crippen molar-refractivity contribution in [3.05, 3.63) is 58.9 Å². The zero-order valence-corrected chi connectivity index (χ0v) is 14.0. The van der Waals surface area contributed by atoms with Gasteiger partial charge in [0.05, 0.1) is 16.9 Å².